The Morgan fingerprint density at radius 3 is 2.47 bits per heavy atom. The largest absolute Gasteiger partial charge is 0.394 e. The SMILES string of the molecule is CC(C)(C)CC(=O)N1CCCC1C(=O)NC(CO)c1ccc(-c2cccc(F)c2F)cc1. The minimum Gasteiger partial charge on any atom is -0.394 e. The van der Waals surface area contributed by atoms with E-state index in [1.54, 1.807) is 29.2 Å². The summed E-state index contributed by atoms with van der Waals surface area (Å²) in [6, 6.07) is 9.33. The number of amides is 2. The first kappa shape index (κ1) is 23.9. The second kappa shape index (κ2) is 9.77. The lowest BCUT2D eigenvalue weighted by atomic mass is 9.91. The molecule has 3 rings (SSSR count). The van der Waals surface area contributed by atoms with E-state index in [9.17, 15) is 23.5 Å². The van der Waals surface area contributed by atoms with Crippen molar-refractivity contribution in [1.82, 2.24) is 10.2 Å². The summed E-state index contributed by atoms with van der Waals surface area (Å²) in [5.41, 5.74) is 1.09. The number of aliphatic hydroxyl groups is 1. The van der Waals surface area contributed by atoms with E-state index in [1.165, 1.54) is 12.1 Å². The zero-order chi connectivity index (χ0) is 23.5. The number of likely N-dealkylation sites (tertiary alicyclic amines) is 1. The molecule has 2 unspecified atom stereocenters. The van der Waals surface area contributed by atoms with Crippen molar-refractivity contribution in [3.05, 3.63) is 59.7 Å². The zero-order valence-corrected chi connectivity index (χ0v) is 18.7. The Bertz CT molecular complexity index is 970. The van der Waals surface area contributed by atoms with Crippen LogP contribution in [0.25, 0.3) is 11.1 Å². The van der Waals surface area contributed by atoms with Gasteiger partial charge in [-0.25, -0.2) is 8.78 Å². The van der Waals surface area contributed by atoms with Gasteiger partial charge in [0.25, 0.3) is 0 Å². The minimum atomic E-state index is -0.923. The van der Waals surface area contributed by atoms with Gasteiger partial charge in [-0.05, 0) is 35.4 Å². The highest BCUT2D eigenvalue weighted by Gasteiger charge is 2.36. The highest BCUT2D eigenvalue weighted by molar-refractivity contribution is 5.88. The Morgan fingerprint density at radius 2 is 1.84 bits per heavy atom. The van der Waals surface area contributed by atoms with Crippen molar-refractivity contribution in [1.29, 1.82) is 0 Å². The molecule has 7 heteroatoms. The van der Waals surface area contributed by atoms with Crippen molar-refractivity contribution >= 4 is 11.8 Å². The van der Waals surface area contributed by atoms with Gasteiger partial charge in [-0.2, -0.15) is 0 Å². The van der Waals surface area contributed by atoms with Crippen molar-refractivity contribution < 1.29 is 23.5 Å². The van der Waals surface area contributed by atoms with E-state index >= 15 is 0 Å². The van der Waals surface area contributed by atoms with Crippen molar-refractivity contribution in [2.45, 2.75) is 52.1 Å². The van der Waals surface area contributed by atoms with Gasteiger partial charge in [0, 0.05) is 18.5 Å². The molecule has 2 N–H and O–H groups in total. The van der Waals surface area contributed by atoms with E-state index < -0.39 is 23.7 Å². The molecule has 1 aliphatic heterocycles. The average molecular weight is 445 g/mol. The number of hydrogen-bond acceptors (Lipinski definition) is 3. The van der Waals surface area contributed by atoms with E-state index in [4.69, 9.17) is 0 Å². The Hall–Kier alpha value is -2.80. The van der Waals surface area contributed by atoms with Gasteiger partial charge >= 0.3 is 0 Å². The quantitative estimate of drug-likeness (QED) is 0.701. The van der Waals surface area contributed by atoms with E-state index in [0.717, 1.165) is 12.5 Å². The molecule has 32 heavy (non-hydrogen) atoms. The van der Waals surface area contributed by atoms with Gasteiger partial charge in [0.1, 0.15) is 6.04 Å². The van der Waals surface area contributed by atoms with Crippen LogP contribution >= 0.6 is 0 Å². The first-order chi connectivity index (χ1) is 15.1. The van der Waals surface area contributed by atoms with Crippen LogP contribution in [0.3, 0.4) is 0 Å². The molecule has 1 heterocycles. The van der Waals surface area contributed by atoms with Gasteiger partial charge in [0.05, 0.1) is 12.6 Å². The maximum Gasteiger partial charge on any atom is 0.243 e. The molecular weight excluding hydrogens is 414 g/mol. The molecule has 1 fully saturated rings. The molecule has 0 aromatic heterocycles. The summed E-state index contributed by atoms with van der Waals surface area (Å²) < 4.78 is 27.6. The van der Waals surface area contributed by atoms with Gasteiger partial charge in [0.2, 0.25) is 11.8 Å². The lowest BCUT2D eigenvalue weighted by Gasteiger charge is -2.28. The number of nitrogens with one attached hydrogen (secondary N) is 1. The van der Waals surface area contributed by atoms with Crippen LogP contribution < -0.4 is 5.32 Å². The molecule has 2 atom stereocenters. The standard InChI is InChI=1S/C25H30F2N2O3/c1-25(2,3)14-22(31)29-13-5-8-21(29)24(32)28-20(15-30)17-11-9-16(10-12-17)18-6-4-7-19(26)23(18)27/h4,6-7,9-12,20-21,30H,5,8,13-15H2,1-3H3,(H,28,32). The molecule has 0 radical (unpaired) electrons. The van der Waals surface area contributed by atoms with Gasteiger partial charge in [0.15, 0.2) is 11.6 Å². The third-order valence-corrected chi connectivity index (χ3v) is 5.63. The second-order valence-electron chi connectivity index (χ2n) is 9.45. The molecular formula is C25H30F2N2O3. The van der Waals surface area contributed by atoms with Crippen molar-refractivity contribution in [2.24, 2.45) is 5.41 Å². The average Bonchev–Trinajstić information content (AvgIpc) is 3.23. The summed E-state index contributed by atoms with van der Waals surface area (Å²) in [7, 11) is 0. The highest BCUT2D eigenvalue weighted by atomic mass is 19.2. The normalized spacial score (nSPS) is 17.3. The van der Waals surface area contributed by atoms with Crippen LogP contribution in [0.4, 0.5) is 8.78 Å². The molecule has 2 aromatic carbocycles. The lowest BCUT2D eigenvalue weighted by Crippen LogP contribution is -2.48. The number of aliphatic hydroxyl groups excluding tert-OH is 1. The van der Waals surface area contributed by atoms with Gasteiger partial charge in [-0.3, -0.25) is 9.59 Å². The third kappa shape index (κ3) is 5.51. The fraction of sp³-hybridized carbons (Fsp3) is 0.440. The van der Waals surface area contributed by atoms with Crippen LogP contribution in [0.5, 0.6) is 0 Å². The Kier molecular flexibility index (Phi) is 7.29. The monoisotopic (exact) mass is 444 g/mol. The maximum absolute atomic E-state index is 14.1. The molecule has 0 bridgehead atoms. The van der Waals surface area contributed by atoms with E-state index in [0.29, 0.717) is 30.5 Å². The maximum atomic E-state index is 14.1. The predicted molar refractivity (Wildman–Crippen MR) is 119 cm³/mol. The molecule has 0 spiro atoms. The Labute approximate surface area is 187 Å². The molecule has 2 aromatic rings. The van der Waals surface area contributed by atoms with Crippen molar-refractivity contribution in [3.8, 4) is 11.1 Å². The van der Waals surface area contributed by atoms with E-state index in [2.05, 4.69) is 5.32 Å². The first-order valence-electron chi connectivity index (χ1n) is 10.9. The van der Waals surface area contributed by atoms with Crippen LogP contribution in [0.15, 0.2) is 42.5 Å². The fourth-order valence-electron chi connectivity index (χ4n) is 4.02. The zero-order valence-electron chi connectivity index (χ0n) is 18.7. The first-order valence-corrected chi connectivity index (χ1v) is 10.9. The third-order valence-electron chi connectivity index (χ3n) is 5.63. The molecule has 2 amide bonds. The molecule has 5 nitrogen and oxygen atoms in total. The number of carbonyl (C=O) groups excluding carboxylic acids is 2. The topological polar surface area (TPSA) is 69.6 Å². The van der Waals surface area contributed by atoms with Gasteiger partial charge in [-0.1, -0.05) is 57.2 Å². The molecule has 0 aliphatic carbocycles. The summed E-state index contributed by atoms with van der Waals surface area (Å²) >= 11 is 0. The van der Waals surface area contributed by atoms with Crippen LogP contribution in [-0.2, 0) is 9.59 Å². The highest BCUT2D eigenvalue weighted by Crippen LogP contribution is 2.27. The molecule has 0 saturated carbocycles. The number of halogens is 2. The van der Waals surface area contributed by atoms with Crippen LogP contribution in [0.1, 0.15) is 51.6 Å². The summed E-state index contributed by atoms with van der Waals surface area (Å²) in [4.78, 5) is 27.2. The smallest absolute Gasteiger partial charge is 0.243 e. The Morgan fingerprint density at radius 1 is 1.16 bits per heavy atom. The van der Waals surface area contributed by atoms with Crippen LogP contribution in [0.2, 0.25) is 0 Å². The molecule has 1 aliphatic rings. The molecule has 1 saturated heterocycles. The predicted octanol–water partition coefficient (Wildman–Crippen LogP) is 4.21. The summed E-state index contributed by atoms with van der Waals surface area (Å²) in [6.45, 7) is 6.17. The summed E-state index contributed by atoms with van der Waals surface area (Å²) in [5.74, 6) is -2.19. The van der Waals surface area contributed by atoms with E-state index in [1.807, 2.05) is 20.8 Å². The number of rotatable bonds is 6. The van der Waals surface area contributed by atoms with Crippen molar-refractivity contribution in [2.75, 3.05) is 13.2 Å². The minimum absolute atomic E-state index is 0.0443. The fourth-order valence-corrected chi connectivity index (χ4v) is 4.02. The number of nitrogens with zero attached hydrogens (tertiary/aromatic N) is 1. The second-order valence-corrected chi connectivity index (χ2v) is 9.45. The van der Waals surface area contributed by atoms with Gasteiger partial charge in [-0.15, -0.1) is 0 Å². The molecule has 172 valence electrons. The summed E-state index contributed by atoms with van der Waals surface area (Å²) in [5, 5.41) is 12.7. The van der Waals surface area contributed by atoms with Crippen LogP contribution in [0, 0.1) is 17.0 Å². The number of hydrogen-bond donors (Lipinski definition) is 2. The van der Waals surface area contributed by atoms with Gasteiger partial charge < -0.3 is 15.3 Å². The lowest BCUT2D eigenvalue weighted by molar-refractivity contribution is -0.140. The van der Waals surface area contributed by atoms with Crippen molar-refractivity contribution in [3.63, 3.8) is 0 Å². The van der Waals surface area contributed by atoms with Crippen LogP contribution in [-0.4, -0.2) is 41.0 Å². The van der Waals surface area contributed by atoms with E-state index in [-0.39, 0.29) is 29.4 Å². The Balaban J connectivity index is 1.71. The summed E-state index contributed by atoms with van der Waals surface area (Å²) in [6.07, 6.45) is 1.70. The number of benzene rings is 2. The number of carbonyl (C=O) groups is 2.